The molecule has 0 saturated carbocycles. The quantitative estimate of drug-likeness (QED) is 0.657. The van der Waals surface area contributed by atoms with Gasteiger partial charge in [0.25, 0.3) is 0 Å². The number of nitrogens with one attached hydrogen (secondary N) is 1. The fourth-order valence-electron chi connectivity index (χ4n) is 4.16. The van der Waals surface area contributed by atoms with Gasteiger partial charge in [-0.25, -0.2) is 9.07 Å². The Balaban J connectivity index is 1.66. The van der Waals surface area contributed by atoms with Crippen LogP contribution in [0.5, 0.6) is 11.5 Å². The van der Waals surface area contributed by atoms with Gasteiger partial charge < -0.3 is 15.2 Å². The second-order valence-electron chi connectivity index (χ2n) is 7.57. The molecule has 0 bridgehead atoms. The summed E-state index contributed by atoms with van der Waals surface area (Å²) >= 11 is 0. The molecule has 1 aromatic heterocycles. The van der Waals surface area contributed by atoms with Crippen molar-refractivity contribution < 1.29 is 19.0 Å². The minimum Gasteiger partial charge on any atom is -0.504 e. The van der Waals surface area contributed by atoms with E-state index in [9.17, 15) is 14.3 Å². The molecular formula is C23H21FN4O3. The van der Waals surface area contributed by atoms with Crippen LogP contribution in [0.2, 0.25) is 0 Å². The molecular weight excluding hydrogens is 399 g/mol. The van der Waals surface area contributed by atoms with Gasteiger partial charge in [0.15, 0.2) is 23.1 Å². The number of allylic oxidation sites excluding steroid dienone is 2. The van der Waals surface area contributed by atoms with E-state index in [0.717, 1.165) is 24.1 Å². The number of hydrogen-bond donors (Lipinski definition) is 2. The van der Waals surface area contributed by atoms with Crippen molar-refractivity contribution in [3.63, 3.8) is 0 Å². The Hall–Kier alpha value is -3.68. The van der Waals surface area contributed by atoms with E-state index in [1.807, 2.05) is 6.92 Å². The first-order valence-corrected chi connectivity index (χ1v) is 10.3. The molecule has 2 N–H and O–H groups in total. The number of nitrogens with zero attached hydrogens (tertiary/aromatic N) is 3. The summed E-state index contributed by atoms with van der Waals surface area (Å²) in [6, 6.07) is 10.5. The number of fused-ring (bicyclic) bond motifs is 1. The van der Waals surface area contributed by atoms with Crippen LogP contribution in [0.3, 0.4) is 0 Å². The Morgan fingerprint density at radius 1 is 1.23 bits per heavy atom. The minimum atomic E-state index is -0.499. The van der Waals surface area contributed by atoms with Crippen molar-refractivity contribution >= 4 is 11.7 Å². The smallest absolute Gasteiger partial charge is 0.226 e. The molecule has 7 nitrogen and oxygen atoms in total. The summed E-state index contributed by atoms with van der Waals surface area (Å²) in [5.74, 6) is 1.07. The van der Waals surface area contributed by atoms with Crippen molar-refractivity contribution in [3.05, 3.63) is 65.1 Å². The summed E-state index contributed by atoms with van der Waals surface area (Å²) in [5.41, 5.74) is 2.94. The average Bonchev–Trinajstić information content (AvgIpc) is 3.18. The van der Waals surface area contributed by atoms with Crippen molar-refractivity contribution in [1.29, 1.82) is 0 Å². The van der Waals surface area contributed by atoms with E-state index < -0.39 is 6.04 Å². The predicted octanol–water partition coefficient (Wildman–Crippen LogP) is 4.21. The normalized spacial score (nSPS) is 17.7. The fraction of sp³-hybridized carbons (Fsp3) is 0.261. The maximum absolute atomic E-state index is 13.4. The zero-order chi connectivity index (χ0) is 21.5. The van der Waals surface area contributed by atoms with Crippen LogP contribution < -0.4 is 10.1 Å². The number of phenolic OH excluding ortho intramolecular Hbond substituents is 1. The first-order chi connectivity index (χ1) is 15.0. The largest absolute Gasteiger partial charge is 0.504 e. The van der Waals surface area contributed by atoms with Crippen LogP contribution in [0, 0.1) is 5.82 Å². The number of carbonyl (C=O) groups excluding carboxylic acids is 1. The summed E-state index contributed by atoms with van der Waals surface area (Å²) in [5, 5.41) is 18.1. The Labute approximate surface area is 178 Å². The SMILES string of the molecule is CCOc1cc(C2C3=C(CCCC3=O)Nc3nc(-c4ccc(F)cc4)nn32)ccc1O. The van der Waals surface area contributed by atoms with Gasteiger partial charge in [-0.05, 0) is 61.7 Å². The van der Waals surface area contributed by atoms with Gasteiger partial charge in [-0.15, -0.1) is 5.10 Å². The second-order valence-corrected chi connectivity index (χ2v) is 7.57. The van der Waals surface area contributed by atoms with E-state index in [2.05, 4.69) is 15.4 Å². The van der Waals surface area contributed by atoms with Crippen LogP contribution in [0.15, 0.2) is 53.7 Å². The van der Waals surface area contributed by atoms with E-state index in [0.29, 0.717) is 41.7 Å². The molecule has 2 aromatic carbocycles. The maximum Gasteiger partial charge on any atom is 0.226 e. The van der Waals surface area contributed by atoms with Gasteiger partial charge in [0.2, 0.25) is 5.95 Å². The maximum atomic E-state index is 13.4. The highest BCUT2D eigenvalue weighted by molar-refractivity contribution is 5.99. The lowest BCUT2D eigenvalue weighted by molar-refractivity contribution is -0.116. The van der Waals surface area contributed by atoms with E-state index in [1.54, 1.807) is 35.0 Å². The van der Waals surface area contributed by atoms with Crippen LogP contribution in [0.4, 0.5) is 10.3 Å². The third kappa shape index (κ3) is 3.34. The van der Waals surface area contributed by atoms with Crippen LogP contribution in [-0.2, 0) is 4.79 Å². The van der Waals surface area contributed by atoms with Gasteiger partial charge in [-0.1, -0.05) is 6.07 Å². The number of ketones is 1. The first kappa shape index (κ1) is 19.3. The van der Waals surface area contributed by atoms with E-state index in [1.165, 1.54) is 12.1 Å². The zero-order valence-electron chi connectivity index (χ0n) is 16.9. The number of halogens is 1. The molecule has 158 valence electrons. The second kappa shape index (κ2) is 7.54. The summed E-state index contributed by atoms with van der Waals surface area (Å²) in [6.07, 6.45) is 1.99. The van der Waals surface area contributed by atoms with Gasteiger partial charge in [-0.3, -0.25) is 4.79 Å². The van der Waals surface area contributed by atoms with E-state index in [4.69, 9.17) is 4.74 Å². The number of anilines is 1. The number of Topliss-reactive ketones (excluding diaryl/α,β-unsaturated/α-hetero) is 1. The molecule has 31 heavy (non-hydrogen) atoms. The van der Waals surface area contributed by atoms with Crippen molar-refractivity contribution in [3.8, 4) is 22.9 Å². The first-order valence-electron chi connectivity index (χ1n) is 10.3. The van der Waals surface area contributed by atoms with Crippen molar-refractivity contribution in [1.82, 2.24) is 14.8 Å². The zero-order valence-corrected chi connectivity index (χ0v) is 16.9. The molecule has 2 aliphatic rings. The molecule has 1 unspecified atom stereocenters. The summed E-state index contributed by atoms with van der Waals surface area (Å²) in [7, 11) is 0. The number of ether oxygens (including phenoxy) is 1. The van der Waals surface area contributed by atoms with Crippen LogP contribution in [-0.4, -0.2) is 32.3 Å². The number of phenols is 1. The van der Waals surface area contributed by atoms with Gasteiger partial charge in [0.1, 0.15) is 11.9 Å². The molecule has 1 atom stereocenters. The molecule has 1 aliphatic heterocycles. The number of carbonyl (C=O) groups is 1. The monoisotopic (exact) mass is 420 g/mol. The topological polar surface area (TPSA) is 89.3 Å². The Kier molecular flexibility index (Phi) is 4.69. The predicted molar refractivity (Wildman–Crippen MR) is 112 cm³/mol. The molecule has 0 fully saturated rings. The molecule has 8 heteroatoms. The van der Waals surface area contributed by atoms with Crippen LogP contribution >= 0.6 is 0 Å². The molecule has 0 spiro atoms. The molecule has 3 aromatic rings. The summed E-state index contributed by atoms with van der Waals surface area (Å²) in [4.78, 5) is 17.5. The molecule has 5 rings (SSSR count). The summed E-state index contributed by atoms with van der Waals surface area (Å²) < 4.78 is 20.6. The highest BCUT2D eigenvalue weighted by Crippen LogP contribution is 2.42. The summed E-state index contributed by atoms with van der Waals surface area (Å²) in [6.45, 7) is 2.24. The lowest BCUT2D eigenvalue weighted by atomic mass is 9.85. The lowest BCUT2D eigenvalue weighted by Gasteiger charge is -2.32. The molecule has 2 heterocycles. The Morgan fingerprint density at radius 2 is 2.03 bits per heavy atom. The molecule has 0 saturated heterocycles. The third-order valence-electron chi connectivity index (χ3n) is 5.57. The number of aromatic hydroxyl groups is 1. The van der Waals surface area contributed by atoms with Crippen molar-refractivity contribution in [2.45, 2.75) is 32.2 Å². The number of aromatic nitrogens is 3. The van der Waals surface area contributed by atoms with Crippen LogP contribution in [0.1, 0.15) is 37.8 Å². The van der Waals surface area contributed by atoms with Gasteiger partial charge in [-0.2, -0.15) is 4.98 Å². The average molecular weight is 420 g/mol. The van der Waals surface area contributed by atoms with Crippen molar-refractivity contribution in [2.75, 3.05) is 11.9 Å². The third-order valence-corrected chi connectivity index (χ3v) is 5.57. The number of hydrogen-bond acceptors (Lipinski definition) is 6. The van der Waals surface area contributed by atoms with Gasteiger partial charge >= 0.3 is 0 Å². The molecule has 1 aliphatic carbocycles. The highest BCUT2D eigenvalue weighted by atomic mass is 19.1. The fourth-order valence-corrected chi connectivity index (χ4v) is 4.16. The molecule has 0 amide bonds. The number of rotatable bonds is 4. The standard InChI is InChI=1S/C23H21FN4O3/c1-2-31-19-12-14(8-11-17(19)29)21-20-16(4-3-5-18(20)30)25-23-26-22(27-28(21)23)13-6-9-15(24)10-7-13/h6-12,21,29H,2-5H2,1H3,(H,25,26,27). The lowest BCUT2D eigenvalue weighted by Crippen LogP contribution is -2.31. The minimum absolute atomic E-state index is 0.0366. The van der Waals surface area contributed by atoms with Gasteiger partial charge in [0.05, 0.1) is 6.61 Å². The molecule has 0 radical (unpaired) electrons. The Morgan fingerprint density at radius 3 is 2.81 bits per heavy atom. The van der Waals surface area contributed by atoms with E-state index >= 15 is 0 Å². The van der Waals surface area contributed by atoms with Crippen molar-refractivity contribution in [2.24, 2.45) is 0 Å². The van der Waals surface area contributed by atoms with Crippen LogP contribution in [0.25, 0.3) is 11.4 Å². The Bertz CT molecular complexity index is 1200. The highest BCUT2D eigenvalue weighted by Gasteiger charge is 2.37. The number of benzene rings is 2. The van der Waals surface area contributed by atoms with Gasteiger partial charge in [0, 0.05) is 23.3 Å². The van der Waals surface area contributed by atoms with E-state index in [-0.39, 0.29) is 17.3 Å².